The van der Waals surface area contributed by atoms with Gasteiger partial charge in [-0.15, -0.1) is 0 Å². The van der Waals surface area contributed by atoms with E-state index in [0.717, 1.165) is 6.42 Å². The van der Waals surface area contributed by atoms with Gasteiger partial charge in [-0.1, -0.05) is 0 Å². The highest BCUT2D eigenvalue weighted by atomic mass is 16.4. The van der Waals surface area contributed by atoms with Crippen LogP contribution >= 0.6 is 0 Å². The van der Waals surface area contributed by atoms with Gasteiger partial charge in [-0.2, -0.15) is 5.26 Å². The number of anilines is 1. The molecule has 0 bridgehead atoms. The zero-order valence-corrected chi connectivity index (χ0v) is 12.0. The summed E-state index contributed by atoms with van der Waals surface area (Å²) in [6.07, 6.45) is 1.30. The summed E-state index contributed by atoms with van der Waals surface area (Å²) in [5.74, 6) is -0.592. The third kappa shape index (κ3) is 3.06. The maximum Gasteiger partial charge on any atom is 0.320 e. The lowest BCUT2D eigenvalue weighted by molar-refractivity contribution is -0.142. The van der Waals surface area contributed by atoms with Crippen molar-refractivity contribution in [3.63, 3.8) is 0 Å². The monoisotopic (exact) mass is 291 g/mol. The maximum atomic E-state index is 12.0. The molecule has 0 aliphatic carbocycles. The highest BCUT2D eigenvalue weighted by molar-refractivity contribution is 5.92. The van der Waals surface area contributed by atoms with Gasteiger partial charge in [-0.25, -0.2) is 0 Å². The lowest BCUT2D eigenvalue weighted by Crippen LogP contribution is -2.40. The van der Waals surface area contributed by atoms with E-state index in [1.807, 2.05) is 6.07 Å². The number of carbonyl (C=O) groups excluding carboxylic acids is 1. The summed E-state index contributed by atoms with van der Waals surface area (Å²) >= 11 is 0. The summed E-state index contributed by atoms with van der Waals surface area (Å²) < 4.78 is 5.36. The van der Waals surface area contributed by atoms with Gasteiger partial charge in [0.05, 0.1) is 6.54 Å². The van der Waals surface area contributed by atoms with Crippen LogP contribution in [0, 0.1) is 25.2 Å². The second kappa shape index (κ2) is 5.97. The molecule has 7 nitrogen and oxygen atoms in total. The number of hydrogen-bond acceptors (Lipinski definition) is 5. The standard InChI is InChI=1S/C14H17N3O4/c1-8-9(2)21-13(10(8)6-15)16-12(18)7-17-5-3-4-11(17)14(19)20/h11H,3-5,7H2,1-2H3,(H,16,18)(H,19,20). The fraction of sp³-hybridized carbons (Fsp3) is 0.500. The number of carboxylic acid groups (broad SMARTS) is 1. The quantitative estimate of drug-likeness (QED) is 0.864. The van der Waals surface area contributed by atoms with Gasteiger partial charge in [-0.05, 0) is 33.2 Å². The predicted octanol–water partition coefficient (Wildman–Crippen LogP) is 1.26. The van der Waals surface area contributed by atoms with Crippen molar-refractivity contribution in [3.8, 4) is 6.07 Å². The van der Waals surface area contributed by atoms with Crippen LogP contribution in [0.1, 0.15) is 29.7 Å². The molecule has 2 N–H and O–H groups in total. The van der Waals surface area contributed by atoms with Crippen LogP contribution in [0.5, 0.6) is 0 Å². The molecule has 0 aromatic carbocycles. The molecule has 2 rings (SSSR count). The molecule has 21 heavy (non-hydrogen) atoms. The van der Waals surface area contributed by atoms with Gasteiger partial charge in [0.25, 0.3) is 0 Å². The second-order valence-electron chi connectivity index (χ2n) is 5.11. The number of aliphatic carboxylic acids is 1. The highest BCUT2D eigenvalue weighted by Crippen LogP contribution is 2.25. The Kier molecular flexibility index (Phi) is 4.29. The minimum Gasteiger partial charge on any atom is -0.480 e. The molecular weight excluding hydrogens is 274 g/mol. The first-order valence-electron chi connectivity index (χ1n) is 6.70. The summed E-state index contributed by atoms with van der Waals surface area (Å²) in [7, 11) is 0. The molecule has 0 saturated carbocycles. The molecule has 1 aromatic rings. The zero-order chi connectivity index (χ0) is 15.6. The molecule has 7 heteroatoms. The van der Waals surface area contributed by atoms with Gasteiger partial charge in [0, 0.05) is 5.56 Å². The number of nitrogens with zero attached hydrogens (tertiary/aromatic N) is 2. The average molecular weight is 291 g/mol. The van der Waals surface area contributed by atoms with E-state index in [1.165, 1.54) is 0 Å². The number of furan rings is 1. The number of carboxylic acids is 1. The number of nitriles is 1. The Morgan fingerprint density at radius 3 is 2.86 bits per heavy atom. The molecule has 1 amide bonds. The van der Waals surface area contributed by atoms with Crippen molar-refractivity contribution in [2.45, 2.75) is 32.7 Å². The van der Waals surface area contributed by atoms with E-state index in [0.29, 0.717) is 29.9 Å². The molecule has 2 heterocycles. The van der Waals surface area contributed by atoms with Crippen molar-refractivity contribution >= 4 is 17.8 Å². The molecular formula is C14H17N3O4. The second-order valence-corrected chi connectivity index (χ2v) is 5.11. The van der Waals surface area contributed by atoms with Crippen LogP contribution in [0.4, 0.5) is 5.88 Å². The smallest absolute Gasteiger partial charge is 0.320 e. The lowest BCUT2D eigenvalue weighted by atomic mass is 10.2. The van der Waals surface area contributed by atoms with Gasteiger partial charge in [-0.3, -0.25) is 19.8 Å². The highest BCUT2D eigenvalue weighted by Gasteiger charge is 2.32. The largest absolute Gasteiger partial charge is 0.480 e. The Hall–Kier alpha value is -2.33. The Morgan fingerprint density at radius 2 is 2.24 bits per heavy atom. The predicted molar refractivity (Wildman–Crippen MR) is 73.8 cm³/mol. The van der Waals surface area contributed by atoms with Gasteiger partial charge in [0.1, 0.15) is 23.4 Å². The molecule has 1 saturated heterocycles. The first kappa shape index (κ1) is 15.1. The Morgan fingerprint density at radius 1 is 1.52 bits per heavy atom. The summed E-state index contributed by atoms with van der Waals surface area (Å²) in [6, 6.07) is 1.38. The number of likely N-dealkylation sites (tertiary alicyclic amines) is 1. The number of carbonyl (C=O) groups is 2. The van der Waals surface area contributed by atoms with Crippen molar-refractivity contribution in [1.29, 1.82) is 5.26 Å². The van der Waals surface area contributed by atoms with Crippen LogP contribution in [-0.2, 0) is 9.59 Å². The minimum atomic E-state index is -0.914. The van der Waals surface area contributed by atoms with E-state index >= 15 is 0 Å². The van der Waals surface area contributed by atoms with Crippen molar-refractivity contribution in [2.75, 3.05) is 18.4 Å². The number of hydrogen-bond donors (Lipinski definition) is 2. The van der Waals surface area contributed by atoms with Crippen LogP contribution in [-0.4, -0.2) is 41.0 Å². The molecule has 1 unspecified atom stereocenters. The molecule has 0 spiro atoms. The normalized spacial score (nSPS) is 18.4. The Bertz CT molecular complexity index is 614. The number of aryl methyl sites for hydroxylation is 1. The fourth-order valence-corrected chi connectivity index (χ4v) is 2.50. The molecule has 1 atom stereocenters. The van der Waals surface area contributed by atoms with Gasteiger partial charge in [0.2, 0.25) is 11.8 Å². The molecule has 1 aliphatic rings. The van der Waals surface area contributed by atoms with Crippen molar-refractivity contribution in [1.82, 2.24) is 4.90 Å². The third-order valence-corrected chi connectivity index (χ3v) is 3.75. The third-order valence-electron chi connectivity index (χ3n) is 3.75. The number of nitrogens with one attached hydrogen (secondary N) is 1. The Balaban J connectivity index is 2.04. The maximum absolute atomic E-state index is 12.0. The van der Waals surface area contributed by atoms with E-state index in [4.69, 9.17) is 14.8 Å². The van der Waals surface area contributed by atoms with Crippen LogP contribution in [0.15, 0.2) is 4.42 Å². The number of rotatable bonds is 4. The fourth-order valence-electron chi connectivity index (χ4n) is 2.50. The van der Waals surface area contributed by atoms with E-state index in [-0.39, 0.29) is 18.3 Å². The summed E-state index contributed by atoms with van der Waals surface area (Å²) in [6.45, 7) is 4.01. The summed E-state index contributed by atoms with van der Waals surface area (Å²) in [5, 5.41) is 20.7. The zero-order valence-electron chi connectivity index (χ0n) is 12.0. The van der Waals surface area contributed by atoms with Crippen LogP contribution in [0.25, 0.3) is 0 Å². The molecule has 112 valence electrons. The summed E-state index contributed by atoms with van der Waals surface area (Å²) in [4.78, 5) is 24.7. The van der Waals surface area contributed by atoms with E-state index in [1.54, 1.807) is 18.7 Å². The average Bonchev–Trinajstić information content (AvgIpc) is 2.96. The SMILES string of the molecule is Cc1oc(NC(=O)CN2CCCC2C(=O)O)c(C#N)c1C. The van der Waals surface area contributed by atoms with E-state index < -0.39 is 12.0 Å². The van der Waals surface area contributed by atoms with Gasteiger partial charge in [0.15, 0.2) is 0 Å². The Labute approximate surface area is 122 Å². The van der Waals surface area contributed by atoms with Gasteiger partial charge >= 0.3 is 5.97 Å². The molecule has 1 aliphatic heterocycles. The van der Waals surface area contributed by atoms with Crippen LogP contribution in [0.3, 0.4) is 0 Å². The van der Waals surface area contributed by atoms with Crippen molar-refractivity contribution < 1.29 is 19.1 Å². The van der Waals surface area contributed by atoms with Crippen LogP contribution < -0.4 is 5.32 Å². The van der Waals surface area contributed by atoms with Crippen molar-refractivity contribution in [3.05, 3.63) is 16.9 Å². The molecule has 1 fully saturated rings. The first-order valence-corrected chi connectivity index (χ1v) is 6.70. The summed E-state index contributed by atoms with van der Waals surface area (Å²) in [5.41, 5.74) is 0.995. The van der Waals surface area contributed by atoms with Gasteiger partial charge < -0.3 is 9.52 Å². The number of amides is 1. The van der Waals surface area contributed by atoms with Crippen LogP contribution in [0.2, 0.25) is 0 Å². The topological polar surface area (TPSA) is 107 Å². The lowest BCUT2D eigenvalue weighted by Gasteiger charge is -2.19. The van der Waals surface area contributed by atoms with Crippen molar-refractivity contribution in [2.24, 2.45) is 0 Å². The first-order chi connectivity index (χ1) is 9.93. The molecule has 0 radical (unpaired) electrons. The molecule has 1 aromatic heterocycles. The van der Waals surface area contributed by atoms with E-state index in [2.05, 4.69) is 5.32 Å². The van der Waals surface area contributed by atoms with E-state index in [9.17, 15) is 9.59 Å². The minimum absolute atomic E-state index is 0.0272.